The maximum Gasteiger partial charge on any atom is 0.203 e. The molecule has 0 aliphatic rings. The lowest BCUT2D eigenvalue weighted by atomic mass is 10.2. The van der Waals surface area contributed by atoms with Crippen LogP contribution in [-0.2, 0) is 0 Å². The Kier molecular flexibility index (Phi) is 5.40. The Morgan fingerprint density at radius 3 is 2.11 bits per heavy atom. The normalized spacial score (nSPS) is 9.50. The molecule has 0 amide bonds. The third-order valence-electron chi connectivity index (χ3n) is 2.20. The topological polar surface area (TPSA) is 27.7 Å². The molecule has 0 unspecified atom stereocenters. The van der Waals surface area contributed by atoms with Crippen molar-refractivity contribution < 1.29 is 14.2 Å². The molecule has 1 rings (SSSR count). The average molecular weight is 244 g/mol. The van der Waals surface area contributed by atoms with E-state index >= 15 is 0 Å². The van der Waals surface area contributed by atoms with Crippen molar-refractivity contribution in [3.63, 3.8) is 0 Å². The number of hydrogen-bond acceptors (Lipinski definition) is 3. The van der Waals surface area contributed by atoms with Crippen molar-refractivity contribution >= 4 is 0 Å². The van der Waals surface area contributed by atoms with Gasteiger partial charge in [-0.3, -0.25) is 0 Å². The van der Waals surface area contributed by atoms with Gasteiger partial charge in [0.05, 0.1) is 21.3 Å². The van der Waals surface area contributed by atoms with E-state index in [1.165, 1.54) is 0 Å². The van der Waals surface area contributed by atoms with Crippen LogP contribution in [0.1, 0.15) is 5.56 Å². The molecule has 0 aliphatic heterocycles. The second kappa shape index (κ2) is 7.08. The zero-order valence-corrected chi connectivity index (χ0v) is 10.8. The summed E-state index contributed by atoms with van der Waals surface area (Å²) >= 11 is 0. The van der Waals surface area contributed by atoms with Gasteiger partial charge in [0.25, 0.3) is 0 Å². The quantitative estimate of drug-likeness (QED) is 0.602. The van der Waals surface area contributed by atoms with Crippen molar-refractivity contribution in [2.45, 2.75) is 0 Å². The molecule has 0 saturated carbocycles. The highest BCUT2D eigenvalue weighted by molar-refractivity contribution is 5.57. The van der Waals surface area contributed by atoms with E-state index in [0.717, 1.165) is 5.56 Å². The number of benzene rings is 1. The van der Waals surface area contributed by atoms with Crippen LogP contribution in [0.5, 0.6) is 17.2 Å². The Morgan fingerprint density at radius 1 is 1.06 bits per heavy atom. The molecule has 0 radical (unpaired) electrons. The molecule has 0 heterocycles. The molecule has 3 heteroatoms. The lowest BCUT2D eigenvalue weighted by molar-refractivity contribution is 0.324. The predicted octanol–water partition coefficient (Wildman–Crippen LogP) is 2.81. The van der Waals surface area contributed by atoms with E-state index in [2.05, 4.69) is 18.4 Å². The van der Waals surface area contributed by atoms with Crippen LogP contribution in [-0.4, -0.2) is 21.3 Å². The molecule has 1 aromatic rings. The van der Waals surface area contributed by atoms with Crippen LogP contribution >= 0.6 is 0 Å². The highest BCUT2D eigenvalue weighted by Gasteiger charge is 2.11. The Balaban J connectivity index is 3.17. The van der Waals surface area contributed by atoms with E-state index < -0.39 is 0 Å². The van der Waals surface area contributed by atoms with Crippen LogP contribution in [0.15, 0.2) is 36.9 Å². The van der Waals surface area contributed by atoms with E-state index in [1.54, 1.807) is 51.7 Å². The molecule has 0 N–H and O–H groups in total. The maximum atomic E-state index is 5.24. The molecule has 1 aromatic carbocycles. The summed E-state index contributed by atoms with van der Waals surface area (Å²) in [6.07, 6.45) is 5.16. The average Bonchev–Trinajstić information content (AvgIpc) is 2.42. The summed E-state index contributed by atoms with van der Waals surface area (Å²) in [5.41, 5.74) is 0.790. The monoisotopic (exact) mass is 244 g/mol. The largest absolute Gasteiger partial charge is 0.493 e. The van der Waals surface area contributed by atoms with Gasteiger partial charge in [-0.25, -0.2) is 0 Å². The molecular weight excluding hydrogens is 228 g/mol. The van der Waals surface area contributed by atoms with Gasteiger partial charge in [-0.1, -0.05) is 30.6 Å². The zero-order chi connectivity index (χ0) is 13.4. The van der Waals surface area contributed by atoms with Crippen molar-refractivity contribution in [2.24, 2.45) is 0 Å². The first-order chi connectivity index (χ1) is 8.76. The van der Waals surface area contributed by atoms with Crippen molar-refractivity contribution in [1.29, 1.82) is 0 Å². The summed E-state index contributed by atoms with van der Waals surface area (Å²) in [4.78, 5) is 0. The van der Waals surface area contributed by atoms with Gasteiger partial charge in [-0.15, -0.1) is 0 Å². The number of rotatable bonds is 4. The molecule has 0 bridgehead atoms. The van der Waals surface area contributed by atoms with Crippen LogP contribution in [0.25, 0.3) is 0 Å². The fourth-order valence-electron chi connectivity index (χ4n) is 1.39. The van der Waals surface area contributed by atoms with Gasteiger partial charge in [-0.05, 0) is 18.2 Å². The highest BCUT2D eigenvalue weighted by Crippen LogP contribution is 2.37. The summed E-state index contributed by atoms with van der Waals surface area (Å²) < 4.78 is 15.7. The molecule has 3 nitrogen and oxygen atoms in total. The van der Waals surface area contributed by atoms with Gasteiger partial charge in [0, 0.05) is 5.56 Å². The molecule has 0 fully saturated rings. The molecule has 0 atom stereocenters. The summed E-state index contributed by atoms with van der Waals surface area (Å²) in [7, 11) is 4.72. The van der Waals surface area contributed by atoms with Crippen LogP contribution in [0.2, 0.25) is 0 Å². The third kappa shape index (κ3) is 3.33. The number of methoxy groups -OCH3 is 3. The summed E-state index contributed by atoms with van der Waals surface area (Å²) in [5, 5.41) is 0. The lowest BCUT2D eigenvalue weighted by Gasteiger charge is -2.12. The maximum absolute atomic E-state index is 5.24. The lowest BCUT2D eigenvalue weighted by Crippen LogP contribution is -1.95. The highest BCUT2D eigenvalue weighted by atomic mass is 16.5. The molecule has 94 valence electrons. The number of hydrogen-bond donors (Lipinski definition) is 0. The summed E-state index contributed by atoms with van der Waals surface area (Å²) in [5.74, 6) is 7.61. The van der Waals surface area contributed by atoms with Crippen molar-refractivity contribution in [3.05, 3.63) is 42.5 Å². The fourth-order valence-corrected chi connectivity index (χ4v) is 1.39. The Morgan fingerprint density at radius 2 is 1.67 bits per heavy atom. The minimum Gasteiger partial charge on any atom is -0.493 e. The first-order valence-electron chi connectivity index (χ1n) is 5.36. The minimum absolute atomic E-state index is 0.562. The van der Waals surface area contributed by atoms with E-state index in [4.69, 9.17) is 14.2 Å². The van der Waals surface area contributed by atoms with Gasteiger partial charge >= 0.3 is 0 Å². The Labute approximate surface area is 108 Å². The molecule has 0 spiro atoms. The van der Waals surface area contributed by atoms with Gasteiger partial charge in [0.2, 0.25) is 5.75 Å². The Hall–Kier alpha value is -2.34. The van der Waals surface area contributed by atoms with Crippen LogP contribution in [0.4, 0.5) is 0 Å². The van der Waals surface area contributed by atoms with Gasteiger partial charge in [-0.2, -0.15) is 0 Å². The molecule has 0 saturated heterocycles. The number of ether oxygens (including phenoxy) is 3. The van der Waals surface area contributed by atoms with E-state index in [1.807, 2.05) is 0 Å². The van der Waals surface area contributed by atoms with Gasteiger partial charge < -0.3 is 14.2 Å². The second-order valence-corrected chi connectivity index (χ2v) is 3.28. The molecule has 18 heavy (non-hydrogen) atoms. The summed E-state index contributed by atoms with van der Waals surface area (Å²) in [6, 6.07) is 3.60. The zero-order valence-electron chi connectivity index (χ0n) is 10.8. The van der Waals surface area contributed by atoms with E-state index in [0.29, 0.717) is 17.2 Å². The SMILES string of the molecule is C=C/C=C/C#Cc1cc(OC)c(OC)c(OC)c1. The van der Waals surface area contributed by atoms with E-state index in [-0.39, 0.29) is 0 Å². The van der Waals surface area contributed by atoms with Crippen LogP contribution < -0.4 is 14.2 Å². The summed E-state index contributed by atoms with van der Waals surface area (Å²) in [6.45, 7) is 3.57. The first kappa shape index (κ1) is 13.7. The predicted molar refractivity (Wildman–Crippen MR) is 72.3 cm³/mol. The molecule has 0 aliphatic carbocycles. The van der Waals surface area contributed by atoms with Crippen molar-refractivity contribution in [2.75, 3.05) is 21.3 Å². The first-order valence-corrected chi connectivity index (χ1v) is 5.36. The second-order valence-electron chi connectivity index (χ2n) is 3.28. The Bertz CT molecular complexity index is 479. The third-order valence-corrected chi connectivity index (χ3v) is 2.20. The molecule has 0 aromatic heterocycles. The van der Waals surface area contributed by atoms with Crippen LogP contribution in [0.3, 0.4) is 0 Å². The minimum atomic E-state index is 0.562. The fraction of sp³-hybridized carbons (Fsp3) is 0.200. The van der Waals surface area contributed by atoms with Crippen molar-refractivity contribution in [1.82, 2.24) is 0 Å². The van der Waals surface area contributed by atoms with Gasteiger partial charge in [0.15, 0.2) is 11.5 Å². The molecular formula is C15H16O3. The van der Waals surface area contributed by atoms with E-state index in [9.17, 15) is 0 Å². The standard InChI is InChI=1S/C15H16O3/c1-5-6-7-8-9-12-10-13(16-2)15(18-4)14(11-12)17-3/h5-7,10-11H,1H2,2-4H3/b7-6+. The van der Waals surface area contributed by atoms with Crippen LogP contribution in [0, 0.1) is 11.8 Å². The van der Waals surface area contributed by atoms with Crippen molar-refractivity contribution in [3.8, 4) is 29.1 Å². The van der Waals surface area contributed by atoms with Gasteiger partial charge in [0.1, 0.15) is 0 Å². The smallest absolute Gasteiger partial charge is 0.203 e. The number of allylic oxidation sites excluding steroid dienone is 3.